The molecule has 0 saturated carbocycles. The Balaban J connectivity index is 5.03. The molecule has 0 aromatic heterocycles. The van der Waals surface area contributed by atoms with Crippen LogP contribution >= 0.6 is 15.9 Å². The Kier molecular flexibility index (Phi) is 7.26. The molecule has 17 heavy (non-hydrogen) atoms. The van der Waals surface area contributed by atoms with Gasteiger partial charge in [-0.3, -0.25) is 0 Å². The van der Waals surface area contributed by atoms with Crippen LogP contribution in [0.1, 0.15) is 47.5 Å². The summed E-state index contributed by atoms with van der Waals surface area (Å²) in [5.74, 6) is 0.212. The van der Waals surface area contributed by atoms with Gasteiger partial charge >= 0.3 is 0 Å². The van der Waals surface area contributed by atoms with Crippen molar-refractivity contribution < 1.29 is 8.42 Å². The first-order valence-electron chi connectivity index (χ1n) is 6.23. The molecule has 104 valence electrons. The molecule has 0 aromatic carbocycles. The van der Waals surface area contributed by atoms with Crippen molar-refractivity contribution in [1.29, 1.82) is 0 Å². The molecule has 5 heteroatoms. The van der Waals surface area contributed by atoms with E-state index in [0.29, 0.717) is 11.9 Å². The smallest absolute Gasteiger partial charge is 0.212 e. The van der Waals surface area contributed by atoms with Gasteiger partial charge in [0.2, 0.25) is 10.0 Å². The Morgan fingerprint density at radius 1 is 1.18 bits per heavy atom. The van der Waals surface area contributed by atoms with Crippen molar-refractivity contribution in [2.24, 2.45) is 5.41 Å². The normalized spacial score (nSPS) is 13.6. The number of hydrogen-bond donors (Lipinski definition) is 0. The number of rotatable bonds is 7. The Bertz CT molecular complexity index is 305. The van der Waals surface area contributed by atoms with E-state index in [-0.39, 0.29) is 17.2 Å². The van der Waals surface area contributed by atoms with Crippen molar-refractivity contribution in [2.75, 3.05) is 17.6 Å². The highest BCUT2D eigenvalue weighted by atomic mass is 79.9. The van der Waals surface area contributed by atoms with Gasteiger partial charge in [-0.25, -0.2) is 8.42 Å². The topological polar surface area (TPSA) is 37.4 Å². The highest BCUT2D eigenvalue weighted by Gasteiger charge is 2.31. The maximum Gasteiger partial charge on any atom is 0.214 e. The predicted octanol–water partition coefficient (Wildman–Crippen LogP) is 3.25. The van der Waals surface area contributed by atoms with E-state index >= 15 is 0 Å². The van der Waals surface area contributed by atoms with Crippen LogP contribution < -0.4 is 0 Å². The summed E-state index contributed by atoms with van der Waals surface area (Å²) in [4.78, 5) is 0. The van der Waals surface area contributed by atoms with Gasteiger partial charge in [0.15, 0.2) is 0 Å². The monoisotopic (exact) mass is 327 g/mol. The molecule has 0 aromatic rings. The fourth-order valence-electron chi connectivity index (χ4n) is 1.96. The van der Waals surface area contributed by atoms with Gasteiger partial charge in [0, 0.05) is 17.9 Å². The highest BCUT2D eigenvalue weighted by molar-refractivity contribution is 9.09. The number of hydrogen-bond acceptors (Lipinski definition) is 2. The van der Waals surface area contributed by atoms with Gasteiger partial charge in [0.25, 0.3) is 0 Å². The SMILES string of the molecule is CCC(CC)N(CCBr)S(=O)(=O)CC(C)(C)C. The zero-order chi connectivity index (χ0) is 13.7. The largest absolute Gasteiger partial charge is 0.214 e. The van der Waals surface area contributed by atoms with Crippen LogP contribution in [0.2, 0.25) is 0 Å². The van der Waals surface area contributed by atoms with Crippen molar-refractivity contribution in [3.63, 3.8) is 0 Å². The Hall–Kier alpha value is 0.390. The lowest BCUT2D eigenvalue weighted by Gasteiger charge is -2.31. The molecule has 3 nitrogen and oxygen atoms in total. The second kappa shape index (κ2) is 7.10. The third-order valence-corrected chi connectivity index (χ3v) is 5.41. The van der Waals surface area contributed by atoms with E-state index in [1.54, 1.807) is 4.31 Å². The molecule has 0 aliphatic heterocycles. The minimum absolute atomic E-state index is 0.125. The van der Waals surface area contributed by atoms with Crippen molar-refractivity contribution in [3.05, 3.63) is 0 Å². The van der Waals surface area contributed by atoms with Crippen LogP contribution in [0.15, 0.2) is 0 Å². The summed E-state index contributed by atoms with van der Waals surface area (Å²) >= 11 is 3.34. The molecule has 0 amide bonds. The molecule has 0 bridgehead atoms. The summed E-state index contributed by atoms with van der Waals surface area (Å²) in [7, 11) is -3.16. The second-order valence-electron chi connectivity index (χ2n) is 5.59. The van der Waals surface area contributed by atoms with Crippen molar-refractivity contribution in [1.82, 2.24) is 4.31 Å². The van der Waals surface area contributed by atoms with Gasteiger partial charge in [0.05, 0.1) is 5.75 Å². The number of halogens is 1. The van der Waals surface area contributed by atoms with Crippen molar-refractivity contribution in [2.45, 2.75) is 53.5 Å². The average molecular weight is 328 g/mol. The van der Waals surface area contributed by atoms with E-state index in [0.717, 1.165) is 12.8 Å². The van der Waals surface area contributed by atoms with Gasteiger partial charge < -0.3 is 0 Å². The summed E-state index contributed by atoms with van der Waals surface area (Å²) < 4.78 is 26.5. The minimum atomic E-state index is -3.16. The zero-order valence-corrected chi connectivity index (χ0v) is 14.1. The lowest BCUT2D eigenvalue weighted by molar-refractivity contribution is 0.310. The van der Waals surface area contributed by atoms with Crippen LogP contribution in [0.4, 0.5) is 0 Å². The molecule has 0 saturated heterocycles. The van der Waals surface area contributed by atoms with E-state index < -0.39 is 10.0 Å². The van der Waals surface area contributed by atoms with Gasteiger partial charge in [0.1, 0.15) is 0 Å². The lowest BCUT2D eigenvalue weighted by Crippen LogP contribution is -2.44. The molecule has 0 heterocycles. The summed E-state index contributed by atoms with van der Waals surface area (Å²) in [6.07, 6.45) is 1.74. The number of sulfonamides is 1. The molecular weight excluding hydrogens is 302 g/mol. The van der Waals surface area contributed by atoms with Crippen LogP contribution in [-0.2, 0) is 10.0 Å². The van der Waals surface area contributed by atoms with E-state index in [1.807, 2.05) is 34.6 Å². The fourth-order valence-corrected chi connectivity index (χ4v) is 4.96. The van der Waals surface area contributed by atoms with Crippen molar-refractivity contribution >= 4 is 26.0 Å². The van der Waals surface area contributed by atoms with E-state index in [2.05, 4.69) is 15.9 Å². The van der Waals surface area contributed by atoms with E-state index in [9.17, 15) is 8.42 Å². The molecule has 0 aliphatic rings. The van der Waals surface area contributed by atoms with E-state index in [1.165, 1.54) is 0 Å². The van der Waals surface area contributed by atoms with Crippen LogP contribution in [0, 0.1) is 5.41 Å². The highest BCUT2D eigenvalue weighted by Crippen LogP contribution is 2.22. The fraction of sp³-hybridized carbons (Fsp3) is 1.00. The Morgan fingerprint density at radius 2 is 1.65 bits per heavy atom. The maximum absolute atomic E-state index is 12.4. The number of alkyl halides is 1. The summed E-state index contributed by atoms with van der Waals surface area (Å²) in [5, 5.41) is 0.687. The summed E-state index contributed by atoms with van der Waals surface area (Å²) in [6, 6.07) is 0.125. The molecule has 0 N–H and O–H groups in total. The summed E-state index contributed by atoms with van der Waals surface area (Å²) in [5.41, 5.74) is -0.199. The first kappa shape index (κ1) is 17.4. The standard InChI is InChI=1S/C12H26BrNO2S/c1-6-11(7-2)14(9-8-13)17(15,16)10-12(3,4)5/h11H,6-10H2,1-5H3. The second-order valence-corrected chi connectivity index (χ2v) is 8.30. The van der Waals surface area contributed by atoms with Crippen LogP contribution in [0.25, 0.3) is 0 Å². The molecule has 0 spiro atoms. The molecule has 0 atom stereocenters. The third-order valence-electron chi connectivity index (χ3n) is 2.63. The van der Waals surface area contributed by atoms with Crippen LogP contribution in [-0.4, -0.2) is 36.4 Å². The van der Waals surface area contributed by atoms with Gasteiger partial charge in [-0.05, 0) is 18.3 Å². The average Bonchev–Trinajstić information content (AvgIpc) is 2.14. The molecular formula is C12H26BrNO2S. The molecule has 0 unspecified atom stereocenters. The first-order chi connectivity index (χ1) is 7.68. The van der Waals surface area contributed by atoms with Gasteiger partial charge in [-0.1, -0.05) is 50.5 Å². The predicted molar refractivity (Wildman–Crippen MR) is 78.1 cm³/mol. The molecule has 0 fully saturated rings. The lowest BCUT2D eigenvalue weighted by atomic mass is 10.0. The molecule has 0 aliphatic carbocycles. The van der Waals surface area contributed by atoms with Crippen LogP contribution in [0.3, 0.4) is 0 Å². The Labute approximate surface area is 115 Å². The van der Waals surface area contributed by atoms with Crippen molar-refractivity contribution in [3.8, 4) is 0 Å². The van der Waals surface area contributed by atoms with Gasteiger partial charge in [-0.15, -0.1) is 0 Å². The molecule has 0 rings (SSSR count). The number of nitrogens with zero attached hydrogens (tertiary/aromatic N) is 1. The minimum Gasteiger partial charge on any atom is -0.212 e. The first-order valence-corrected chi connectivity index (χ1v) is 8.96. The maximum atomic E-state index is 12.4. The van der Waals surface area contributed by atoms with Gasteiger partial charge in [-0.2, -0.15) is 4.31 Å². The summed E-state index contributed by atoms with van der Waals surface area (Å²) in [6.45, 7) is 10.5. The Morgan fingerprint density at radius 3 is 1.94 bits per heavy atom. The van der Waals surface area contributed by atoms with E-state index in [4.69, 9.17) is 0 Å². The quantitative estimate of drug-likeness (QED) is 0.673. The zero-order valence-electron chi connectivity index (χ0n) is 11.7. The third kappa shape index (κ3) is 6.20. The molecule has 0 radical (unpaired) electrons. The van der Waals surface area contributed by atoms with Crippen LogP contribution in [0.5, 0.6) is 0 Å².